The van der Waals surface area contributed by atoms with Gasteiger partial charge in [-0.3, -0.25) is 0 Å². The van der Waals surface area contributed by atoms with Crippen LogP contribution in [-0.4, -0.2) is 16.2 Å². The van der Waals surface area contributed by atoms with Crippen molar-refractivity contribution in [1.29, 1.82) is 0 Å². The van der Waals surface area contributed by atoms with E-state index < -0.39 is 0 Å². The number of alkyl halides is 1. The summed E-state index contributed by atoms with van der Waals surface area (Å²) in [5, 5.41) is 0.812. The van der Waals surface area contributed by atoms with Crippen molar-refractivity contribution in [3.8, 4) is 5.75 Å². The van der Waals surface area contributed by atoms with Crippen molar-refractivity contribution in [3.63, 3.8) is 0 Å². The predicted octanol–water partition coefficient (Wildman–Crippen LogP) is 3.24. The Labute approximate surface area is 116 Å². The molecule has 2 rings (SSSR count). The minimum absolute atomic E-state index is 0.649. The van der Waals surface area contributed by atoms with Gasteiger partial charge in [-0.25, -0.2) is 4.98 Å². The zero-order valence-corrected chi connectivity index (χ0v) is 12.3. The summed E-state index contributed by atoms with van der Waals surface area (Å²) in [6.45, 7) is 2.72. The lowest BCUT2D eigenvalue weighted by Gasteiger charge is -2.12. The Balaban J connectivity index is 2.00. The molecule has 4 heteroatoms. The highest BCUT2D eigenvalue weighted by molar-refractivity contribution is 9.08. The van der Waals surface area contributed by atoms with Gasteiger partial charge in [0.05, 0.1) is 6.61 Å². The molecule has 0 fully saturated rings. The third kappa shape index (κ3) is 2.93. The van der Waals surface area contributed by atoms with E-state index in [4.69, 9.17) is 4.74 Å². The molecule has 3 nitrogen and oxygen atoms in total. The minimum atomic E-state index is 0.649. The van der Waals surface area contributed by atoms with Crippen molar-refractivity contribution in [2.75, 3.05) is 6.61 Å². The summed E-state index contributed by atoms with van der Waals surface area (Å²) in [4.78, 5) is 4.29. The molecule has 0 aliphatic rings. The number of imidazole rings is 1. The molecule has 1 aromatic heterocycles. The van der Waals surface area contributed by atoms with Crippen molar-refractivity contribution in [1.82, 2.24) is 9.55 Å². The number of ether oxygens (including phenoxy) is 1. The van der Waals surface area contributed by atoms with E-state index in [2.05, 4.69) is 46.0 Å². The first-order valence-electron chi connectivity index (χ1n) is 5.96. The van der Waals surface area contributed by atoms with E-state index in [-0.39, 0.29) is 0 Å². The number of nitrogens with zero attached hydrogens (tertiary/aromatic N) is 2. The molecule has 0 aliphatic heterocycles. The SMILES string of the molecule is Cc1cccc(CBr)c1OCCc1nccn1C. The standard InChI is InChI=1S/C14H17BrN2O/c1-11-4-3-5-12(10-15)14(11)18-9-6-13-16-7-8-17(13)2/h3-5,7-8H,6,9-10H2,1-2H3. The Morgan fingerprint density at radius 1 is 1.39 bits per heavy atom. The molecule has 0 saturated heterocycles. The molecule has 2 aromatic rings. The molecule has 1 aromatic carbocycles. The first-order valence-corrected chi connectivity index (χ1v) is 7.08. The Morgan fingerprint density at radius 2 is 2.22 bits per heavy atom. The first-order chi connectivity index (χ1) is 8.72. The molecular formula is C14H17BrN2O. The number of hydrogen-bond donors (Lipinski definition) is 0. The van der Waals surface area contributed by atoms with Crippen LogP contribution in [0, 0.1) is 6.92 Å². The van der Waals surface area contributed by atoms with Crippen molar-refractivity contribution in [2.45, 2.75) is 18.7 Å². The van der Waals surface area contributed by atoms with Crippen molar-refractivity contribution in [2.24, 2.45) is 7.05 Å². The van der Waals surface area contributed by atoms with Gasteiger partial charge in [0, 0.05) is 36.8 Å². The van der Waals surface area contributed by atoms with E-state index in [9.17, 15) is 0 Å². The van der Waals surface area contributed by atoms with E-state index in [1.807, 2.05) is 24.0 Å². The summed E-state index contributed by atoms with van der Waals surface area (Å²) in [6, 6.07) is 6.21. The third-order valence-electron chi connectivity index (χ3n) is 2.93. The fraction of sp³-hybridized carbons (Fsp3) is 0.357. The third-order valence-corrected chi connectivity index (χ3v) is 3.53. The highest BCUT2D eigenvalue weighted by Crippen LogP contribution is 2.25. The molecule has 0 unspecified atom stereocenters. The van der Waals surface area contributed by atoms with Gasteiger partial charge in [-0.2, -0.15) is 0 Å². The van der Waals surface area contributed by atoms with Gasteiger partial charge in [-0.15, -0.1) is 0 Å². The van der Waals surface area contributed by atoms with Gasteiger partial charge in [0.2, 0.25) is 0 Å². The molecule has 0 radical (unpaired) electrons. The average Bonchev–Trinajstić information content (AvgIpc) is 2.77. The Bertz CT molecular complexity index is 522. The lowest BCUT2D eigenvalue weighted by molar-refractivity contribution is 0.313. The Hall–Kier alpha value is -1.29. The van der Waals surface area contributed by atoms with Gasteiger partial charge in [-0.1, -0.05) is 34.1 Å². The van der Waals surface area contributed by atoms with E-state index >= 15 is 0 Å². The molecule has 0 N–H and O–H groups in total. The van der Waals surface area contributed by atoms with E-state index in [1.165, 1.54) is 11.1 Å². The van der Waals surface area contributed by atoms with Crippen LogP contribution in [0.5, 0.6) is 5.75 Å². The summed E-state index contributed by atoms with van der Waals surface area (Å²) < 4.78 is 7.92. The first kappa shape index (κ1) is 13.1. The maximum Gasteiger partial charge on any atom is 0.126 e. The summed E-state index contributed by atoms with van der Waals surface area (Å²) in [5.41, 5.74) is 2.36. The van der Waals surface area contributed by atoms with Crippen LogP contribution < -0.4 is 4.74 Å². The zero-order chi connectivity index (χ0) is 13.0. The Morgan fingerprint density at radius 3 is 2.89 bits per heavy atom. The van der Waals surface area contributed by atoms with Crippen LogP contribution in [0.25, 0.3) is 0 Å². The summed E-state index contributed by atoms with van der Waals surface area (Å²) in [6.07, 6.45) is 4.58. The molecule has 0 atom stereocenters. The average molecular weight is 309 g/mol. The van der Waals surface area contributed by atoms with Gasteiger partial charge in [-0.05, 0) is 12.5 Å². The second-order valence-corrected chi connectivity index (χ2v) is 4.81. The molecular weight excluding hydrogens is 292 g/mol. The number of para-hydroxylation sites is 1. The van der Waals surface area contributed by atoms with E-state index in [0.29, 0.717) is 6.61 Å². The smallest absolute Gasteiger partial charge is 0.126 e. The van der Waals surface area contributed by atoms with E-state index in [1.54, 1.807) is 0 Å². The van der Waals surface area contributed by atoms with Crippen LogP contribution in [0.2, 0.25) is 0 Å². The predicted molar refractivity (Wildman–Crippen MR) is 76.2 cm³/mol. The van der Waals surface area contributed by atoms with Crippen LogP contribution in [0.15, 0.2) is 30.6 Å². The van der Waals surface area contributed by atoms with Crippen LogP contribution in [0.4, 0.5) is 0 Å². The van der Waals surface area contributed by atoms with Gasteiger partial charge in [0.25, 0.3) is 0 Å². The maximum absolute atomic E-state index is 5.90. The number of aryl methyl sites for hydroxylation is 2. The van der Waals surface area contributed by atoms with Crippen LogP contribution in [0.1, 0.15) is 17.0 Å². The number of benzene rings is 1. The molecule has 0 saturated carbocycles. The van der Waals surface area contributed by atoms with Crippen LogP contribution in [-0.2, 0) is 18.8 Å². The lowest BCUT2D eigenvalue weighted by Crippen LogP contribution is -2.07. The summed E-state index contributed by atoms with van der Waals surface area (Å²) >= 11 is 3.49. The number of aromatic nitrogens is 2. The maximum atomic E-state index is 5.90. The summed E-state index contributed by atoms with van der Waals surface area (Å²) in [5.74, 6) is 2.03. The molecule has 0 spiro atoms. The molecule has 0 aliphatic carbocycles. The van der Waals surface area contributed by atoms with Gasteiger partial charge < -0.3 is 9.30 Å². The summed E-state index contributed by atoms with van der Waals surface area (Å²) in [7, 11) is 2.00. The fourth-order valence-electron chi connectivity index (χ4n) is 1.91. The molecule has 18 heavy (non-hydrogen) atoms. The van der Waals surface area contributed by atoms with E-state index in [0.717, 1.165) is 23.3 Å². The number of rotatable bonds is 5. The quantitative estimate of drug-likeness (QED) is 0.793. The number of hydrogen-bond acceptors (Lipinski definition) is 2. The molecule has 0 amide bonds. The highest BCUT2D eigenvalue weighted by Gasteiger charge is 2.06. The van der Waals surface area contributed by atoms with Crippen molar-refractivity contribution < 1.29 is 4.74 Å². The lowest BCUT2D eigenvalue weighted by atomic mass is 10.1. The van der Waals surface area contributed by atoms with Gasteiger partial charge >= 0.3 is 0 Å². The highest BCUT2D eigenvalue weighted by atomic mass is 79.9. The normalized spacial score (nSPS) is 10.6. The monoisotopic (exact) mass is 308 g/mol. The minimum Gasteiger partial charge on any atom is -0.493 e. The second-order valence-electron chi connectivity index (χ2n) is 4.25. The topological polar surface area (TPSA) is 27.1 Å². The fourth-order valence-corrected chi connectivity index (χ4v) is 2.35. The van der Waals surface area contributed by atoms with Crippen molar-refractivity contribution in [3.05, 3.63) is 47.5 Å². The molecule has 96 valence electrons. The van der Waals surface area contributed by atoms with Crippen molar-refractivity contribution >= 4 is 15.9 Å². The molecule has 1 heterocycles. The Kier molecular flexibility index (Phi) is 4.42. The van der Waals surface area contributed by atoms with Gasteiger partial charge in [0.15, 0.2) is 0 Å². The van der Waals surface area contributed by atoms with Crippen LogP contribution in [0.3, 0.4) is 0 Å². The van der Waals surface area contributed by atoms with Crippen LogP contribution >= 0.6 is 15.9 Å². The second kappa shape index (κ2) is 6.05. The zero-order valence-electron chi connectivity index (χ0n) is 10.7. The largest absolute Gasteiger partial charge is 0.493 e. The number of halogens is 1. The molecule has 0 bridgehead atoms. The van der Waals surface area contributed by atoms with Gasteiger partial charge in [0.1, 0.15) is 11.6 Å².